The quantitative estimate of drug-likeness (QED) is 0.555. The molecule has 0 bridgehead atoms. The summed E-state index contributed by atoms with van der Waals surface area (Å²) in [4.78, 5) is 11.2. The van der Waals surface area contributed by atoms with Crippen LogP contribution in [-0.4, -0.2) is 32.2 Å². The molecular weight excluding hydrogens is 192 g/mol. The van der Waals surface area contributed by atoms with Crippen LogP contribution in [0, 0.1) is 11.8 Å². The molecule has 3 nitrogen and oxygen atoms in total. The summed E-state index contributed by atoms with van der Waals surface area (Å²) >= 11 is 0. The summed E-state index contributed by atoms with van der Waals surface area (Å²) in [5.74, 6) is 0.814. The van der Waals surface area contributed by atoms with Crippen molar-refractivity contribution >= 4 is 5.78 Å². The van der Waals surface area contributed by atoms with E-state index >= 15 is 0 Å². The zero-order valence-corrected chi connectivity index (χ0v) is 10.4. The molecule has 0 spiro atoms. The highest BCUT2D eigenvalue weighted by Gasteiger charge is 2.06. The monoisotopic (exact) mass is 216 g/mol. The Kier molecular flexibility index (Phi) is 8.62. The number of carbonyl (C=O) groups excluding carboxylic acids is 1. The third-order valence-corrected chi connectivity index (χ3v) is 1.92. The van der Waals surface area contributed by atoms with E-state index in [1.165, 1.54) is 0 Å². The average Bonchev–Trinajstić information content (AvgIpc) is 2.15. The predicted octanol–water partition coefficient (Wildman–Crippen LogP) is 2.29. The smallest absolute Gasteiger partial charge is 0.160 e. The van der Waals surface area contributed by atoms with Gasteiger partial charge in [-0.15, -0.1) is 0 Å². The Labute approximate surface area is 93.1 Å². The normalized spacial score (nSPS) is 11.3. The highest BCUT2D eigenvalue weighted by Crippen LogP contribution is 1.96. The molecular formula is C12H24O3. The van der Waals surface area contributed by atoms with Gasteiger partial charge in [0.2, 0.25) is 0 Å². The second-order valence-electron chi connectivity index (χ2n) is 4.50. The summed E-state index contributed by atoms with van der Waals surface area (Å²) in [6, 6.07) is 0. The van der Waals surface area contributed by atoms with E-state index in [9.17, 15) is 4.79 Å². The number of rotatable bonds is 9. The van der Waals surface area contributed by atoms with Crippen molar-refractivity contribution in [1.82, 2.24) is 0 Å². The summed E-state index contributed by atoms with van der Waals surface area (Å²) in [7, 11) is 0. The van der Waals surface area contributed by atoms with Gasteiger partial charge in [0.25, 0.3) is 0 Å². The molecule has 3 heteroatoms. The first kappa shape index (κ1) is 14.6. The van der Waals surface area contributed by atoms with Gasteiger partial charge in [-0.1, -0.05) is 27.7 Å². The number of ether oxygens (including phenoxy) is 2. The highest BCUT2D eigenvalue weighted by molar-refractivity contribution is 5.81. The molecule has 0 aliphatic heterocycles. The molecule has 0 saturated carbocycles. The Hall–Kier alpha value is -0.410. The average molecular weight is 216 g/mol. The lowest BCUT2D eigenvalue weighted by Gasteiger charge is -2.07. The van der Waals surface area contributed by atoms with Gasteiger partial charge in [0.15, 0.2) is 5.78 Å². The fourth-order valence-corrected chi connectivity index (χ4v) is 0.922. The van der Waals surface area contributed by atoms with Crippen molar-refractivity contribution in [2.45, 2.75) is 34.1 Å². The molecule has 0 saturated heterocycles. The van der Waals surface area contributed by atoms with E-state index in [-0.39, 0.29) is 18.3 Å². The van der Waals surface area contributed by atoms with Gasteiger partial charge in [0, 0.05) is 25.7 Å². The minimum absolute atomic E-state index is 0.0715. The van der Waals surface area contributed by atoms with Crippen molar-refractivity contribution < 1.29 is 14.3 Å². The number of ketones is 1. The Morgan fingerprint density at radius 3 is 2.20 bits per heavy atom. The molecule has 0 aromatic carbocycles. The summed E-state index contributed by atoms with van der Waals surface area (Å²) in [5.41, 5.74) is 0. The van der Waals surface area contributed by atoms with Crippen LogP contribution in [0.15, 0.2) is 0 Å². The van der Waals surface area contributed by atoms with Crippen LogP contribution in [0.1, 0.15) is 34.1 Å². The van der Waals surface area contributed by atoms with Crippen LogP contribution < -0.4 is 0 Å². The van der Waals surface area contributed by atoms with Gasteiger partial charge in [-0.2, -0.15) is 0 Å². The van der Waals surface area contributed by atoms with Gasteiger partial charge in [-0.05, 0) is 12.3 Å². The van der Waals surface area contributed by atoms with Crippen LogP contribution >= 0.6 is 0 Å². The zero-order chi connectivity index (χ0) is 11.7. The summed E-state index contributed by atoms with van der Waals surface area (Å²) in [6.45, 7) is 10.4. The molecule has 0 aliphatic carbocycles. The van der Waals surface area contributed by atoms with Gasteiger partial charge in [-0.3, -0.25) is 4.79 Å². The van der Waals surface area contributed by atoms with Crippen molar-refractivity contribution in [2.24, 2.45) is 11.8 Å². The second-order valence-corrected chi connectivity index (χ2v) is 4.50. The molecule has 0 N–H and O–H groups in total. The fraction of sp³-hybridized carbons (Fsp3) is 0.917. The van der Waals surface area contributed by atoms with Crippen LogP contribution in [0.4, 0.5) is 0 Å². The van der Waals surface area contributed by atoms with Crippen molar-refractivity contribution in [2.75, 3.05) is 26.4 Å². The van der Waals surface area contributed by atoms with Crippen LogP contribution in [-0.2, 0) is 14.3 Å². The first-order chi connectivity index (χ1) is 7.04. The Morgan fingerprint density at radius 1 is 1.07 bits per heavy atom. The lowest BCUT2D eigenvalue weighted by molar-refractivity contribution is -0.126. The maximum Gasteiger partial charge on any atom is 0.160 e. The molecule has 15 heavy (non-hydrogen) atoms. The lowest BCUT2D eigenvalue weighted by atomic mass is 10.1. The molecule has 90 valence electrons. The van der Waals surface area contributed by atoms with Crippen LogP contribution in [0.5, 0.6) is 0 Å². The van der Waals surface area contributed by atoms with Crippen molar-refractivity contribution in [3.63, 3.8) is 0 Å². The molecule has 0 radical (unpaired) electrons. The SMILES string of the molecule is CC(C)COCCCOCC(=O)C(C)C. The highest BCUT2D eigenvalue weighted by atomic mass is 16.5. The Balaban J connectivity index is 3.15. The van der Waals surface area contributed by atoms with Gasteiger partial charge in [0.1, 0.15) is 6.61 Å². The Bertz CT molecular complexity index is 164. The van der Waals surface area contributed by atoms with Crippen LogP contribution in [0.3, 0.4) is 0 Å². The molecule has 0 amide bonds. The molecule has 0 aromatic rings. The predicted molar refractivity (Wildman–Crippen MR) is 60.9 cm³/mol. The van der Waals surface area contributed by atoms with E-state index < -0.39 is 0 Å². The first-order valence-electron chi connectivity index (χ1n) is 5.72. The zero-order valence-electron chi connectivity index (χ0n) is 10.4. The molecule has 0 atom stereocenters. The van der Waals surface area contributed by atoms with E-state index in [0.29, 0.717) is 19.1 Å². The maximum absolute atomic E-state index is 11.2. The third-order valence-electron chi connectivity index (χ3n) is 1.92. The first-order valence-corrected chi connectivity index (χ1v) is 5.72. The molecule has 0 unspecified atom stereocenters. The maximum atomic E-state index is 11.2. The summed E-state index contributed by atoms with van der Waals surface area (Å²) < 4.78 is 10.6. The number of hydrogen-bond acceptors (Lipinski definition) is 3. The fourth-order valence-electron chi connectivity index (χ4n) is 0.922. The number of carbonyl (C=O) groups is 1. The van der Waals surface area contributed by atoms with Crippen molar-refractivity contribution in [1.29, 1.82) is 0 Å². The lowest BCUT2D eigenvalue weighted by Crippen LogP contribution is -2.15. The van der Waals surface area contributed by atoms with E-state index in [1.54, 1.807) is 0 Å². The number of hydrogen-bond donors (Lipinski definition) is 0. The molecule has 0 aromatic heterocycles. The second kappa shape index (κ2) is 8.86. The van der Waals surface area contributed by atoms with E-state index in [0.717, 1.165) is 13.0 Å². The summed E-state index contributed by atoms with van der Waals surface area (Å²) in [6.07, 6.45) is 0.859. The van der Waals surface area contributed by atoms with Crippen LogP contribution in [0.25, 0.3) is 0 Å². The molecule has 0 aliphatic rings. The topological polar surface area (TPSA) is 35.5 Å². The van der Waals surface area contributed by atoms with Crippen molar-refractivity contribution in [3.8, 4) is 0 Å². The number of Topliss-reactive ketones (excluding diaryl/α,β-unsaturated/α-hetero) is 1. The van der Waals surface area contributed by atoms with Crippen molar-refractivity contribution in [3.05, 3.63) is 0 Å². The van der Waals surface area contributed by atoms with Gasteiger partial charge < -0.3 is 9.47 Å². The van der Waals surface area contributed by atoms with Gasteiger partial charge in [0.05, 0.1) is 0 Å². The van der Waals surface area contributed by atoms with E-state index in [1.807, 2.05) is 13.8 Å². The van der Waals surface area contributed by atoms with E-state index in [4.69, 9.17) is 9.47 Å². The molecule has 0 fully saturated rings. The minimum atomic E-state index is 0.0715. The van der Waals surface area contributed by atoms with E-state index in [2.05, 4.69) is 13.8 Å². The molecule has 0 rings (SSSR count). The summed E-state index contributed by atoms with van der Waals surface area (Å²) in [5, 5.41) is 0. The minimum Gasteiger partial charge on any atom is -0.381 e. The van der Waals surface area contributed by atoms with Gasteiger partial charge in [-0.25, -0.2) is 0 Å². The molecule has 0 heterocycles. The Morgan fingerprint density at radius 2 is 1.67 bits per heavy atom. The largest absolute Gasteiger partial charge is 0.381 e. The third kappa shape index (κ3) is 9.88. The van der Waals surface area contributed by atoms with Crippen LogP contribution in [0.2, 0.25) is 0 Å². The van der Waals surface area contributed by atoms with Gasteiger partial charge >= 0.3 is 0 Å². The standard InChI is InChI=1S/C12H24O3/c1-10(2)8-14-6-5-7-15-9-12(13)11(3)4/h10-11H,5-9H2,1-4H3.